The van der Waals surface area contributed by atoms with Gasteiger partial charge in [0.25, 0.3) is 5.56 Å². The van der Waals surface area contributed by atoms with Gasteiger partial charge < -0.3 is 9.88 Å². The minimum Gasteiger partial charge on any atom is -0.332 e. The van der Waals surface area contributed by atoms with Gasteiger partial charge in [0, 0.05) is 26.1 Å². The van der Waals surface area contributed by atoms with Gasteiger partial charge in [-0.05, 0) is 30.9 Å². The number of hydrogen-bond donors (Lipinski definition) is 1. The minimum absolute atomic E-state index is 0.00260. The van der Waals surface area contributed by atoms with Gasteiger partial charge in [-0.25, -0.2) is 17.8 Å². The molecule has 2 aliphatic heterocycles. The van der Waals surface area contributed by atoms with E-state index in [9.17, 15) is 22.4 Å². The van der Waals surface area contributed by atoms with Gasteiger partial charge in [-0.15, -0.1) is 0 Å². The zero-order chi connectivity index (χ0) is 22.2. The Morgan fingerprint density at radius 3 is 2.77 bits per heavy atom. The summed E-state index contributed by atoms with van der Waals surface area (Å²) in [5.41, 5.74) is 0.885. The Morgan fingerprint density at radius 1 is 1.26 bits per heavy atom. The van der Waals surface area contributed by atoms with Crippen molar-refractivity contribution in [1.29, 1.82) is 0 Å². The number of hydrogen-bond acceptors (Lipinski definition) is 5. The standard InChI is InChI=1S/C21H25FN4O4S/c1-31(29,30)25-11-9-17-15(13-25)21(28)24-20(23-17)18-8-4-5-10-26(18)19(27)12-14-6-2-3-7-16(14)22/h2-3,6-7,18H,4-5,8-13H2,1H3,(H,23,24,28)/t18-/m1/s1. The first-order chi connectivity index (χ1) is 14.7. The first-order valence-electron chi connectivity index (χ1n) is 10.3. The Bertz CT molecular complexity index is 1160. The summed E-state index contributed by atoms with van der Waals surface area (Å²) in [6.45, 7) is 0.778. The third-order valence-electron chi connectivity index (χ3n) is 5.96. The van der Waals surface area contributed by atoms with E-state index in [1.807, 2.05) is 0 Å². The van der Waals surface area contributed by atoms with Crippen LogP contribution in [0, 0.1) is 5.82 Å². The number of sulfonamides is 1. The van der Waals surface area contributed by atoms with E-state index in [2.05, 4.69) is 9.97 Å². The summed E-state index contributed by atoms with van der Waals surface area (Å²) in [5.74, 6) is -0.211. The first-order valence-corrected chi connectivity index (χ1v) is 12.2. The van der Waals surface area contributed by atoms with Crippen LogP contribution in [-0.2, 0) is 34.2 Å². The van der Waals surface area contributed by atoms with Gasteiger partial charge in [-0.3, -0.25) is 9.59 Å². The van der Waals surface area contributed by atoms with Gasteiger partial charge in [0.05, 0.1) is 30.0 Å². The molecule has 1 saturated heterocycles. The van der Waals surface area contributed by atoms with Crippen molar-refractivity contribution < 1.29 is 17.6 Å². The van der Waals surface area contributed by atoms with Crippen molar-refractivity contribution in [2.75, 3.05) is 19.3 Å². The van der Waals surface area contributed by atoms with E-state index < -0.39 is 15.8 Å². The summed E-state index contributed by atoms with van der Waals surface area (Å²) < 4.78 is 38.9. The van der Waals surface area contributed by atoms with Crippen LogP contribution in [0.25, 0.3) is 0 Å². The van der Waals surface area contributed by atoms with Gasteiger partial charge in [0.15, 0.2) is 0 Å². The number of carbonyl (C=O) groups is 1. The van der Waals surface area contributed by atoms with E-state index in [-0.39, 0.29) is 37.0 Å². The fourth-order valence-electron chi connectivity index (χ4n) is 4.28. The van der Waals surface area contributed by atoms with Crippen LogP contribution in [0.15, 0.2) is 29.1 Å². The molecule has 0 spiro atoms. The van der Waals surface area contributed by atoms with Crippen LogP contribution in [0.1, 0.15) is 47.9 Å². The van der Waals surface area contributed by atoms with Crippen LogP contribution in [-0.4, -0.2) is 52.8 Å². The SMILES string of the molecule is CS(=O)(=O)N1CCc2nc([C@H]3CCCCN3C(=O)Cc3ccccc3F)[nH]c(=O)c2C1. The number of carbonyl (C=O) groups excluding carboxylic acids is 1. The molecule has 0 aliphatic carbocycles. The molecular formula is C21H25FN4O4S. The highest BCUT2D eigenvalue weighted by atomic mass is 32.2. The lowest BCUT2D eigenvalue weighted by molar-refractivity contribution is -0.134. The number of aromatic amines is 1. The van der Waals surface area contributed by atoms with Gasteiger partial charge >= 0.3 is 0 Å². The van der Waals surface area contributed by atoms with Crippen molar-refractivity contribution in [3.63, 3.8) is 0 Å². The normalized spacial score (nSPS) is 19.8. The van der Waals surface area contributed by atoms with E-state index in [0.717, 1.165) is 19.1 Å². The fraction of sp³-hybridized carbons (Fsp3) is 0.476. The number of nitrogens with one attached hydrogen (secondary N) is 1. The predicted molar refractivity (Wildman–Crippen MR) is 112 cm³/mol. The van der Waals surface area contributed by atoms with E-state index >= 15 is 0 Å². The second-order valence-electron chi connectivity index (χ2n) is 8.09. The Labute approximate surface area is 180 Å². The van der Waals surface area contributed by atoms with Crippen molar-refractivity contribution >= 4 is 15.9 Å². The number of halogens is 1. The van der Waals surface area contributed by atoms with Crippen LogP contribution in [0.5, 0.6) is 0 Å². The molecule has 8 nitrogen and oxygen atoms in total. The summed E-state index contributed by atoms with van der Waals surface area (Å²) in [7, 11) is -3.40. The summed E-state index contributed by atoms with van der Waals surface area (Å²) >= 11 is 0. The lowest BCUT2D eigenvalue weighted by Crippen LogP contribution is -2.43. The number of likely N-dealkylation sites (tertiary alicyclic amines) is 1. The molecule has 0 bridgehead atoms. The maximum atomic E-state index is 14.0. The molecule has 0 unspecified atom stereocenters. The zero-order valence-electron chi connectivity index (χ0n) is 17.3. The molecule has 1 aromatic carbocycles. The maximum Gasteiger partial charge on any atom is 0.255 e. The average molecular weight is 449 g/mol. The fourth-order valence-corrected chi connectivity index (χ4v) is 5.07. The third kappa shape index (κ3) is 4.54. The summed E-state index contributed by atoms with van der Waals surface area (Å²) in [6, 6.07) is 5.82. The van der Waals surface area contributed by atoms with Crippen molar-refractivity contribution in [3.8, 4) is 0 Å². The summed E-state index contributed by atoms with van der Waals surface area (Å²) in [4.78, 5) is 34.8. The van der Waals surface area contributed by atoms with Crippen LogP contribution in [0.4, 0.5) is 4.39 Å². The van der Waals surface area contributed by atoms with Crippen LogP contribution in [0.3, 0.4) is 0 Å². The molecule has 1 N–H and O–H groups in total. The number of benzene rings is 1. The molecular weight excluding hydrogens is 423 g/mol. The number of nitrogens with zero attached hydrogens (tertiary/aromatic N) is 3. The van der Waals surface area contributed by atoms with E-state index in [0.29, 0.717) is 42.0 Å². The summed E-state index contributed by atoms with van der Waals surface area (Å²) in [6.07, 6.45) is 3.78. The first kappa shape index (κ1) is 21.6. The van der Waals surface area contributed by atoms with Gasteiger partial charge in [0.1, 0.15) is 11.6 Å². The number of fused-ring (bicyclic) bond motifs is 1. The lowest BCUT2D eigenvalue weighted by Gasteiger charge is -2.36. The minimum atomic E-state index is -3.40. The van der Waals surface area contributed by atoms with E-state index in [1.165, 1.54) is 10.4 Å². The molecule has 31 heavy (non-hydrogen) atoms. The van der Waals surface area contributed by atoms with Gasteiger partial charge in [-0.2, -0.15) is 4.31 Å². The molecule has 1 aromatic heterocycles. The topological polar surface area (TPSA) is 103 Å². The maximum absolute atomic E-state index is 14.0. The molecule has 1 fully saturated rings. The van der Waals surface area contributed by atoms with E-state index in [1.54, 1.807) is 23.1 Å². The van der Waals surface area contributed by atoms with Crippen LogP contribution in [0.2, 0.25) is 0 Å². The Balaban J connectivity index is 1.60. The molecule has 2 aromatic rings. The average Bonchev–Trinajstić information content (AvgIpc) is 2.74. The number of aromatic nitrogens is 2. The molecule has 10 heteroatoms. The quantitative estimate of drug-likeness (QED) is 0.764. The highest BCUT2D eigenvalue weighted by molar-refractivity contribution is 7.88. The molecule has 0 radical (unpaired) electrons. The Morgan fingerprint density at radius 2 is 2.03 bits per heavy atom. The number of rotatable bonds is 4. The molecule has 1 amide bonds. The molecule has 1 atom stereocenters. The molecule has 2 aliphatic rings. The van der Waals surface area contributed by atoms with Crippen molar-refractivity contribution in [1.82, 2.24) is 19.2 Å². The van der Waals surface area contributed by atoms with Crippen molar-refractivity contribution in [2.45, 2.75) is 44.7 Å². The second kappa shape index (κ2) is 8.51. The molecule has 4 rings (SSSR count). The van der Waals surface area contributed by atoms with Crippen LogP contribution < -0.4 is 5.56 Å². The largest absolute Gasteiger partial charge is 0.332 e. The highest BCUT2D eigenvalue weighted by Crippen LogP contribution is 2.30. The Kier molecular flexibility index (Phi) is 5.94. The van der Waals surface area contributed by atoms with Crippen molar-refractivity contribution in [2.24, 2.45) is 0 Å². The van der Waals surface area contributed by atoms with E-state index in [4.69, 9.17) is 0 Å². The Hall–Kier alpha value is -2.59. The van der Waals surface area contributed by atoms with Gasteiger partial charge in [-0.1, -0.05) is 18.2 Å². The molecule has 166 valence electrons. The van der Waals surface area contributed by atoms with Crippen LogP contribution >= 0.6 is 0 Å². The molecule has 3 heterocycles. The van der Waals surface area contributed by atoms with Crippen molar-refractivity contribution in [3.05, 3.63) is 63.1 Å². The highest BCUT2D eigenvalue weighted by Gasteiger charge is 2.32. The smallest absolute Gasteiger partial charge is 0.255 e. The van der Waals surface area contributed by atoms with Gasteiger partial charge in [0.2, 0.25) is 15.9 Å². The summed E-state index contributed by atoms with van der Waals surface area (Å²) in [5, 5.41) is 0. The predicted octanol–water partition coefficient (Wildman–Crippen LogP) is 1.52. The molecule has 0 saturated carbocycles. The number of amides is 1. The monoisotopic (exact) mass is 448 g/mol. The second-order valence-corrected chi connectivity index (χ2v) is 10.1. The number of H-pyrrole nitrogens is 1. The number of piperidine rings is 1. The lowest BCUT2D eigenvalue weighted by atomic mass is 9.99. The zero-order valence-corrected chi connectivity index (χ0v) is 18.1. The third-order valence-corrected chi connectivity index (χ3v) is 7.21.